The number of benzene rings is 3. The SMILES string of the molecule is O=C(NCCO)c1ccc(C2=NO[C@@](c3cc(Cl)cc(Cl)c3)(C(F)(F)F)C2)c2ccccc12. The van der Waals surface area contributed by atoms with Gasteiger partial charge in [-0.2, -0.15) is 13.2 Å². The number of aliphatic hydroxyl groups is 1. The normalized spacial score (nSPS) is 18.2. The van der Waals surface area contributed by atoms with Crippen molar-refractivity contribution >= 4 is 45.6 Å². The highest BCUT2D eigenvalue weighted by atomic mass is 35.5. The van der Waals surface area contributed by atoms with Gasteiger partial charge in [0, 0.05) is 39.7 Å². The second kappa shape index (κ2) is 8.85. The molecule has 0 spiro atoms. The first-order valence-corrected chi connectivity index (χ1v) is 10.6. The van der Waals surface area contributed by atoms with Crippen LogP contribution in [0.25, 0.3) is 10.8 Å². The third-order valence-corrected chi connectivity index (χ3v) is 5.83. The predicted molar refractivity (Wildman–Crippen MR) is 120 cm³/mol. The Labute approximate surface area is 196 Å². The lowest BCUT2D eigenvalue weighted by Gasteiger charge is -2.29. The molecule has 4 rings (SSSR count). The van der Waals surface area contributed by atoms with Gasteiger partial charge in [-0.15, -0.1) is 0 Å². The maximum absolute atomic E-state index is 14.3. The molecular formula is C23H17Cl2F3N2O3. The first-order valence-electron chi connectivity index (χ1n) is 9.86. The molecule has 0 radical (unpaired) electrons. The Morgan fingerprint density at radius 3 is 2.39 bits per heavy atom. The number of rotatable bonds is 5. The van der Waals surface area contributed by atoms with Crippen molar-refractivity contribution in [2.24, 2.45) is 5.16 Å². The van der Waals surface area contributed by atoms with Crippen molar-refractivity contribution in [3.05, 3.63) is 81.3 Å². The summed E-state index contributed by atoms with van der Waals surface area (Å²) < 4.78 is 42.9. The highest BCUT2D eigenvalue weighted by Gasteiger charge is 2.62. The number of oxime groups is 1. The average Bonchev–Trinajstić information content (AvgIpc) is 3.23. The van der Waals surface area contributed by atoms with E-state index < -0.39 is 24.1 Å². The van der Waals surface area contributed by atoms with Gasteiger partial charge in [-0.1, -0.05) is 58.7 Å². The Bertz CT molecular complexity index is 1240. The maximum atomic E-state index is 14.3. The van der Waals surface area contributed by atoms with E-state index >= 15 is 0 Å². The van der Waals surface area contributed by atoms with Crippen molar-refractivity contribution in [1.29, 1.82) is 0 Å². The van der Waals surface area contributed by atoms with Crippen LogP contribution >= 0.6 is 23.2 Å². The summed E-state index contributed by atoms with van der Waals surface area (Å²) in [5.41, 5.74) is -2.21. The lowest BCUT2D eigenvalue weighted by Crippen LogP contribution is -2.42. The van der Waals surface area contributed by atoms with E-state index in [0.29, 0.717) is 21.9 Å². The molecule has 0 unspecified atom stereocenters. The number of nitrogens with one attached hydrogen (secondary N) is 1. The number of aliphatic hydroxyl groups excluding tert-OH is 1. The van der Waals surface area contributed by atoms with Gasteiger partial charge in [-0.3, -0.25) is 4.79 Å². The number of hydrogen-bond acceptors (Lipinski definition) is 4. The Morgan fingerprint density at radius 1 is 1.09 bits per heavy atom. The van der Waals surface area contributed by atoms with Crippen LogP contribution in [0, 0.1) is 0 Å². The van der Waals surface area contributed by atoms with E-state index in [0.717, 1.165) is 12.1 Å². The summed E-state index contributed by atoms with van der Waals surface area (Å²) in [6.45, 7) is -0.144. The van der Waals surface area contributed by atoms with Crippen LogP contribution in [-0.4, -0.2) is 36.1 Å². The highest BCUT2D eigenvalue weighted by Crippen LogP contribution is 2.50. The molecule has 0 aliphatic carbocycles. The number of amides is 1. The fourth-order valence-corrected chi connectivity index (χ4v) is 4.37. The van der Waals surface area contributed by atoms with E-state index in [1.54, 1.807) is 24.3 Å². The number of carbonyl (C=O) groups excluding carboxylic acids is 1. The van der Waals surface area contributed by atoms with Gasteiger partial charge in [0.1, 0.15) is 0 Å². The molecule has 0 fully saturated rings. The molecule has 10 heteroatoms. The Morgan fingerprint density at radius 2 is 1.76 bits per heavy atom. The van der Waals surface area contributed by atoms with Gasteiger partial charge < -0.3 is 15.3 Å². The zero-order valence-corrected chi connectivity index (χ0v) is 18.4. The van der Waals surface area contributed by atoms with E-state index in [2.05, 4.69) is 10.5 Å². The molecule has 172 valence electrons. The summed E-state index contributed by atoms with van der Waals surface area (Å²) in [7, 11) is 0. The molecule has 0 aromatic heterocycles. The lowest BCUT2D eigenvalue weighted by molar-refractivity contribution is -0.275. The summed E-state index contributed by atoms with van der Waals surface area (Å²) in [6.07, 6.45) is -5.42. The number of alkyl halides is 3. The number of fused-ring (bicyclic) bond motifs is 1. The molecule has 2 N–H and O–H groups in total. The summed E-state index contributed by atoms with van der Waals surface area (Å²) in [5, 5.41) is 16.5. The molecule has 1 aliphatic rings. The average molecular weight is 497 g/mol. The minimum absolute atomic E-state index is 0.0434. The zero-order valence-electron chi connectivity index (χ0n) is 16.9. The summed E-state index contributed by atoms with van der Waals surface area (Å²) in [5.74, 6) is -0.408. The van der Waals surface area contributed by atoms with Gasteiger partial charge >= 0.3 is 6.18 Å². The van der Waals surface area contributed by atoms with Gasteiger partial charge in [0.2, 0.25) is 0 Å². The minimum atomic E-state index is -4.81. The molecule has 1 aliphatic heterocycles. The topological polar surface area (TPSA) is 70.9 Å². The molecular weight excluding hydrogens is 480 g/mol. The Kier molecular flexibility index (Phi) is 6.26. The largest absolute Gasteiger partial charge is 0.435 e. The maximum Gasteiger partial charge on any atom is 0.435 e. The van der Waals surface area contributed by atoms with Gasteiger partial charge in [0.25, 0.3) is 11.5 Å². The van der Waals surface area contributed by atoms with Crippen LogP contribution in [0.5, 0.6) is 0 Å². The first kappa shape index (κ1) is 23.4. The first-order chi connectivity index (χ1) is 15.7. The van der Waals surface area contributed by atoms with Crippen LogP contribution in [0.1, 0.15) is 27.9 Å². The van der Waals surface area contributed by atoms with Crippen molar-refractivity contribution in [3.8, 4) is 0 Å². The van der Waals surface area contributed by atoms with E-state index in [9.17, 15) is 18.0 Å². The molecule has 0 bridgehead atoms. The number of halogens is 5. The molecule has 1 amide bonds. The summed E-state index contributed by atoms with van der Waals surface area (Å²) >= 11 is 11.9. The summed E-state index contributed by atoms with van der Waals surface area (Å²) in [6, 6.07) is 13.5. The Hall–Kier alpha value is -2.81. The molecule has 0 saturated carbocycles. The summed E-state index contributed by atoms with van der Waals surface area (Å²) in [4.78, 5) is 17.6. The van der Waals surface area contributed by atoms with E-state index in [-0.39, 0.29) is 34.5 Å². The van der Waals surface area contributed by atoms with Gasteiger partial charge in [0.15, 0.2) is 0 Å². The highest BCUT2D eigenvalue weighted by molar-refractivity contribution is 6.34. The van der Waals surface area contributed by atoms with Crippen molar-refractivity contribution in [3.63, 3.8) is 0 Å². The van der Waals surface area contributed by atoms with E-state index in [1.807, 2.05) is 0 Å². The van der Waals surface area contributed by atoms with Gasteiger partial charge in [-0.05, 0) is 35.0 Å². The number of hydrogen-bond donors (Lipinski definition) is 2. The molecule has 3 aromatic carbocycles. The molecule has 5 nitrogen and oxygen atoms in total. The van der Waals surface area contributed by atoms with Crippen LogP contribution in [0.3, 0.4) is 0 Å². The quantitative estimate of drug-likeness (QED) is 0.493. The van der Waals surface area contributed by atoms with Crippen molar-refractivity contribution in [2.45, 2.75) is 18.2 Å². The molecule has 33 heavy (non-hydrogen) atoms. The van der Waals surface area contributed by atoms with Crippen LogP contribution in [0.15, 0.2) is 59.8 Å². The molecule has 1 heterocycles. The lowest BCUT2D eigenvalue weighted by atomic mass is 9.85. The van der Waals surface area contributed by atoms with Crippen LogP contribution < -0.4 is 5.32 Å². The smallest absolute Gasteiger partial charge is 0.395 e. The van der Waals surface area contributed by atoms with Gasteiger partial charge in [-0.25, -0.2) is 0 Å². The van der Waals surface area contributed by atoms with Crippen molar-refractivity contribution in [2.75, 3.05) is 13.2 Å². The third-order valence-electron chi connectivity index (χ3n) is 5.39. The molecule has 1 atom stereocenters. The fourth-order valence-electron chi connectivity index (χ4n) is 3.85. The zero-order chi connectivity index (χ0) is 23.8. The number of carbonyl (C=O) groups is 1. The third kappa shape index (κ3) is 4.26. The van der Waals surface area contributed by atoms with Gasteiger partial charge in [0.05, 0.1) is 12.3 Å². The van der Waals surface area contributed by atoms with E-state index in [4.69, 9.17) is 33.1 Å². The molecule has 3 aromatic rings. The fraction of sp³-hybridized carbons (Fsp3) is 0.217. The van der Waals surface area contributed by atoms with Crippen LogP contribution in [0.4, 0.5) is 13.2 Å². The monoisotopic (exact) mass is 496 g/mol. The van der Waals surface area contributed by atoms with Crippen LogP contribution in [-0.2, 0) is 10.4 Å². The second-order valence-corrected chi connectivity index (χ2v) is 8.35. The minimum Gasteiger partial charge on any atom is -0.395 e. The van der Waals surface area contributed by atoms with Crippen LogP contribution in [0.2, 0.25) is 10.0 Å². The Balaban J connectivity index is 1.78. The molecule has 0 saturated heterocycles. The van der Waals surface area contributed by atoms with Crippen molar-refractivity contribution in [1.82, 2.24) is 5.32 Å². The number of nitrogens with zero attached hydrogens (tertiary/aromatic N) is 1. The van der Waals surface area contributed by atoms with Crippen molar-refractivity contribution < 1.29 is 27.9 Å². The predicted octanol–water partition coefficient (Wildman–Crippen LogP) is 5.45. The standard InChI is InChI=1S/C23H17Cl2F3N2O3/c24-14-9-13(10-15(25)11-14)22(23(26,27)28)12-20(30-33-22)18-5-6-19(21(32)29-7-8-31)17-4-2-1-3-16(17)18/h1-6,9-11,31H,7-8,12H2,(H,29,32)/t22-/m0/s1. The van der Waals surface area contributed by atoms with E-state index in [1.165, 1.54) is 18.2 Å². The second-order valence-electron chi connectivity index (χ2n) is 7.47.